The maximum absolute atomic E-state index is 11.5. The minimum atomic E-state index is -0.462. The molecule has 0 aromatic carbocycles. The van der Waals surface area contributed by atoms with Gasteiger partial charge in [-0.05, 0) is 26.7 Å². The van der Waals surface area contributed by atoms with Crippen LogP contribution in [0.1, 0.15) is 27.7 Å². The van der Waals surface area contributed by atoms with Crippen LogP contribution in [0.15, 0.2) is 0 Å². The molecule has 0 unspecified atom stereocenters. The molecule has 1 rings (SSSR count). The summed E-state index contributed by atoms with van der Waals surface area (Å²) in [7, 11) is 0. The highest BCUT2D eigenvalue weighted by atomic mass is 16.6. The van der Waals surface area contributed by atoms with Crippen molar-refractivity contribution in [1.82, 2.24) is 4.90 Å². The van der Waals surface area contributed by atoms with Crippen LogP contribution in [-0.4, -0.2) is 40.9 Å². The summed E-state index contributed by atoms with van der Waals surface area (Å²) >= 11 is 0. The monoisotopic (exact) mass is 201 g/mol. The van der Waals surface area contributed by atoms with Crippen molar-refractivity contribution in [3.63, 3.8) is 0 Å². The maximum Gasteiger partial charge on any atom is 0.410 e. The summed E-state index contributed by atoms with van der Waals surface area (Å²) in [6.07, 6.45) is -0.324. The number of rotatable bonds is 1. The number of hydrogen-bond acceptors (Lipinski definition) is 3. The second kappa shape index (κ2) is 3.77. The van der Waals surface area contributed by atoms with Gasteiger partial charge in [0.25, 0.3) is 0 Å². The largest absolute Gasteiger partial charge is 0.444 e. The van der Waals surface area contributed by atoms with Gasteiger partial charge in [-0.3, -0.25) is 0 Å². The lowest BCUT2D eigenvalue weighted by molar-refractivity contribution is -0.0409. The molecule has 0 aromatic rings. The highest BCUT2D eigenvalue weighted by Gasteiger charge is 2.40. The van der Waals surface area contributed by atoms with Gasteiger partial charge < -0.3 is 14.7 Å². The quantitative estimate of drug-likeness (QED) is 0.694. The summed E-state index contributed by atoms with van der Waals surface area (Å²) in [4.78, 5) is 13.1. The Bertz CT molecular complexity index is 222. The zero-order chi connectivity index (χ0) is 10.9. The first-order valence-corrected chi connectivity index (χ1v) is 4.95. The van der Waals surface area contributed by atoms with Crippen molar-refractivity contribution in [3.05, 3.63) is 0 Å². The Morgan fingerprint density at radius 2 is 2.14 bits per heavy atom. The molecule has 1 heterocycles. The van der Waals surface area contributed by atoms with Crippen LogP contribution in [0.5, 0.6) is 0 Å². The van der Waals surface area contributed by atoms with Gasteiger partial charge in [-0.2, -0.15) is 0 Å². The second-order valence-corrected chi connectivity index (χ2v) is 4.86. The predicted octanol–water partition coefficient (Wildman–Crippen LogP) is 1.23. The van der Waals surface area contributed by atoms with Gasteiger partial charge in [0.1, 0.15) is 5.60 Å². The fourth-order valence-electron chi connectivity index (χ4n) is 1.55. The molecule has 4 heteroatoms. The number of aliphatic hydroxyl groups excluding tert-OH is 1. The molecule has 1 saturated heterocycles. The SMILES string of the molecule is C[C@H]1CN(C(=O)OC(C)(C)C)[C@H]1CO. The molecule has 1 N–H and O–H groups in total. The fraction of sp³-hybridized carbons (Fsp3) is 0.900. The van der Waals surface area contributed by atoms with E-state index in [0.717, 1.165) is 0 Å². The molecule has 0 spiro atoms. The lowest BCUT2D eigenvalue weighted by atomic mass is 9.92. The van der Waals surface area contributed by atoms with E-state index in [1.807, 2.05) is 27.7 Å². The van der Waals surface area contributed by atoms with Crippen LogP contribution in [0.2, 0.25) is 0 Å². The molecule has 0 aliphatic carbocycles. The highest BCUT2D eigenvalue weighted by Crippen LogP contribution is 2.25. The summed E-state index contributed by atoms with van der Waals surface area (Å²) < 4.78 is 5.20. The molecule has 14 heavy (non-hydrogen) atoms. The van der Waals surface area contributed by atoms with Crippen molar-refractivity contribution >= 4 is 6.09 Å². The molecule has 82 valence electrons. The van der Waals surface area contributed by atoms with Gasteiger partial charge in [0.05, 0.1) is 12.6 Å². The van der Waals surface area contributed by atoms with Crippen molar-refractivity contribution in [2.75, 3.05) is 13.2 Å². The van der Waals surface area contributed by atoms with Crippen LogP contribution in [-0.2, 0) is 4.74 Å². The van der Waals surface area contributed by atoms with E-state index in [0.29, 0.717) is 12.5 Å². The topological polar surface area (TPSA) is 49.8 Å². The summed E-state index contributed by atoms with van der Waals surface area (Å²) in [5, 5.41) is 9.02. The minimum Gasteiger partial charge on any atom is -0.444 e. The Labute approximate surface area is 84.8 Å². The third kappa shape index (κ3) is 2.38. The first-order valence-electron chi connectivity index (χ1n) is 4.95. The lowest BCUT2D eigenvalue weighted by Crippen LogP contribution is -2.60. The van der Waals surface area contributed by atoms with Gasteiger partial charge in [-0.1, -0.05) is 6.92 Å². The first-order chi connectivity index (χ1) is 6.35. The van der Waals surface area contributed by atoms with E-state index in [1.165, 1.54) is 0 Å². The molecule has 1 aliphatic rings. The number of aliphatic hydroxyl groups is 1. The minimum absolute atomic E-state index is 0.0143. The smallest absolute Gasteiger partial charge is 0.410 e. The van der Waals surface area contributed by atoms with Crippen LogP contribution in [0.25, 0.3) is 0 Å². The van der Waals surface area contributed by atoms with Gasteiger partial charge in [0.15, 0.2) is 0 Å². The Morgan fingerprint density at radius 3 is 2.50 bits per heavy atom. The van der Waals surface area contributed by atoms with Crippen LogP contribution < -0.4 is 0 Å². The molecule has 0 bridgehead atoms. The summed E-state index contributed by atoms with van der Waals surface area (Å²) in [5.41, 5.74) is -0.462. The van der Waals surface area contributed by atoms with E-state index in [1.54, 1.807) is 4.90 Å². The standard InChI is InChI=1S/C10H19NO3/c1-7-5-11(8(7)6-12)9(13)14-10(2,3)4/h7-8,12H,5-6H2,1-4H3/t7-,8-/m0/s1. The average molecular weight is 201 g/mol. The van der Waals surface area contributed by atoms with Gasteiger partial charge in [-0.15, -0.1) is 0 Å². The van der Waals surface area contributed by atoms with E-state index in [9.17, 15) is 4.79 Å². The Balaban J connectivity index is 2.47. The summed E-state index contributed by atoms with van der Waals surface area (Å²) in [6.45, 7) is 8.22. The van der Waals surface area contributed by atoms with Gasteiger partial charge in [-0.25, -0.2) is 4.79 Å². The molecular formula is C10H19NO3. The molecule has 0 saturated carbocycles. The van der Waals surface area contributed by atoms with Crippen molar-refractivity contribution < 1.29 is 14.6 Å². The lowest BCUT2D eigenvalue weighted by Gasteiger charge is -2.45. The van der Waals surface area contributed by atoms with E-state index in [-0.39, 0.29) is 18.7 Å². The van der Waals surface area contributed by atoms with Crippen molar-refractivity contribution in [2.24, 2.45) is 5.92 Å². The molecule has 2 atom stereocenters. The average Bonchev–Trinajstić information content (AvgIpc) is 1.97. The van der Waals surface area contributed by atoms with E-state index in [4.69, 9.17) is 9.84 Å². The van der Waals surface area contributed by atoms with Crippen molar-refractivity contribution in [3.8, 4) is 0 Å². The number of carbonyl (C=O) groups is 1. The van der Waals surface area contributed by atoms with Gasteiger partial charge in [0.2, 0.25) is 0 Å². The van der Waals surface area contributed by atoms with E-state index >= 15 is 0 Å². The molecular weight excluding hydrogens is 182 g/mol. The number of ether oxygens (including phenoxy) is 1. The van der Waals surface area contributed by atoms with Crippen molar-refractivity contribution in [2.45, 2.75) is 39.3 Å². The van der Waals surface area contributed by atoms with Crippen LogP contribution >= 0.6 is 0 Å². The normalized spacial score (nSPS) is 27.1. The predicted molar refractivity (Wildman–Crippen MR) is 53.0 cm³/mol. The third-order valence-corrected chi connectivity index (χ3v) is 2.36. The van der Waals surface area contributed by atoms with Gasteiger partial charge >= 0.3 is 6.09 Å². The number of nitrogens with zero attached hydrogens (tertiary/aromatic N) is 1. The second-order valence-electron chi connectivity index (χ2n) is 4.86. The first kappa shape index (κ1) is 11.3. The van der Waals surface area contributed by atoms with Gasteiger partial charge in [0, 0.05) is 6.54 Å². The summed E-state index contributed by atoms with van der Waals surface area (Å²) in [6, 6.07) is -0.0650. The number of amides is 1. The Hall–Kier alpha value is -0.770. The van der Waals surface area contributed by atoms with Crippen LogP contribution in [0.3, 0.4) is 0 Å². The molecule has 1 fully saturated rings. The van der Waals surface area contributed by atoms with E-state index < -0.39 is 5.60 Å². The maximum atomic E-state index is 11.5. The fourth-order valence-corrected chi connectivity index (χ4v) is 1.55. The molecule has 1 aliphatic heterocycles. The Morgan fingerprint density at radius 1 is 1.57 bits per heavy atom. The van der Waals surface area contributed by atoms with E-state index in [2.05, 4.69) is 0 Å². The zero-order valence-corrected chi connectivity index (χ0v) is 9.28. The van der Waals surface area contributed by atoms with Crippen LogP contribution in [0.4, 0.5) is 4.79 Å². The number of carbonyl (C=O) groups excluding carboxylic acids is 1. The molecule has 4 nitrogen and oxygen atoms in total. The molecule has 0 radical (unpaired) electrons. The zero-order valence-electron chi connectivity index (χ0n) is 9.28. The summed E-state index contributed by atoms with van der Waals surface area (Å²) in [5.74, 6) is 0.368. The highest BCUT2D eigenvalue weighted by molar-refractivity contribution is 5.69. The Kier molecular flexibility index (Phi) is 3.04. The third-order valence-electron chi connectivity index (χ3n) is 2.36. The van der Waals surface area contributed by atoms with Crippen LogP contribution in [0, 0.1) is 5.92 Å². The number of likely N-dealkylation sites (tertiary alicyclic amines) is 1. The van der Waals surface area contributed by atoms with Crippen molar-refractivity contribution in [1.29, 1.82) is 0 Å². The number of hydrogen-bond donors (Lipinski definition) is 1. The molecule has 0 aromatic heterocycles. The molecule has 1 amide bonds.